The Balaban J connectivity index is 0.00000306. The summed E-state index contributed by atoms with van der Waals surface area (Å²) in [5.74, 6) is 0. The van der Waals surface area contributed by atoms with Crippen molar-refractivity contribution in [1.29, 1.82) is 0 Å². The zero-order valence-electron chi connectivity index (χ0n) is 18.0. The summed E-state index contributed by atoms with van der Waals surface area (Å²) in [4.78, 5) is 18.3. The normalized spacial score (nSPS) is 14.3. The quantitative estimate of drug-likeness (QED) is 0.457. The third kappa shape index (κ3) is 6.07. The average molecular weight is 479 g/mol. The first-order valence-electron chi connectivity index (χ1n) is 10.7. The monoisotopic (exact) mass is 478 g/mol. The maximum Gasteiger partial charge on any atom is 0.418 e. The van der Waals surface area contributed by atoms with E-state index in [0.717, 1.165) is 42.5 Å². The molecule has 5 nitrogen and oxygen atoms in total. The molecule has 2 heterocycles. The molecule has 1 fully saturated rings. The van der Waals surface area contributed by atoms with E-state index in [4.69, 9.17) is 0 Å². The molecule has 3 aromatic rings. The van der Waals surface area contributed by atoms with E-state index in [2.05, 4.69) is 15.6 Å². The zero-order chi connectivity index (χ0) is 22.6. The molecular formula is C24H26ClF3N4O. The summed E-state index contributed by atoms with van der Waals surface area (Å²) >= 11 is 0. The lowest BCUT2D eigenvalue weighted by Gasteiger charge is -2.26. The molecule has 0 atom stereocenters. The SMILES string of the molecule is Cl.O=C(NCc1ccc(N2CCCCCC2)c(C(F)(F)F)c1)Nc1cccc2cnccc12. The van der Waals surface area contributed by atoms with E-state index < -0.39 is 17.8 Å². The summed E-state index contributed by atoms with van der Waals surface area (Å²) in [5.41, 5.74) is 0.570. The lowest BCUT2D eigenvalue weighted by Crippen LogP contribution is -2.29. The van der Waals surface area contributed by atoms with Crippen molar-refractivity contribution in [3.05, 3.63) is 66.0 Å². The van der Waals surface area contributed by atoms with Crippen molar-refractivity contribution in [2.24, 2.45) is 0 Å². The summed E-state index contributed by atoms with van der Waals surface area (Å²) < 4.78 is 41.4. The predicted molar refractivity (Wildman–Crippen MR) is 127 cm³/mol. The van der Waals surface area contributed by atoms with Gasteiger partial charge in [-0.15, -0.1) is 12.4 Å². The molecule has 1 saturated heterocycles. The van der Waals surface area contributed by atoms with E-state index in [-0.39, 0.29) is 24.6 Å². The maximum absolute atomic E-state index is 13.8. The second-order valence-corrected chi connectivity index (χ2v) is 7.96. The van der Waals surface area contributed by atoms with Crippen molar-refractivity contribution >= 4 is 40.6 Å². The minimum Gasteiger partial charge on any atom is -0.371 e. The van der Waals surface area contributed by atoms with Crippen molar-refractivity contribution in [1.82, 2.24) is 10.3 Å². The van der Waals surface area contributed by atoms with Crippen LogP contribution < -0.4 is 15.5 Å². The predicted octanol–water partition coefficient (Wildman–Crippen LogP) is 6.38. The lowest BCUT2D eigenvalue weighted by molar-refractivity contribution is -0.137. The first kappa shape index (κ1) is 24.6. The largest absolute Gasteiger partial charge is 0.418 e. The highest BCUT2D eigenvalue weighted by molar-refractivity contribution is 6.01. The van der Waals surface area contributed by atoms with Crippen LogP contribution in [0.4, 0.5) is 29.3 Å². The number of fused-ring (bicyclic) bond motifs is 1. The van der Waals surface area contributed by atoms with Gasteiger partial charge in [0.15, 0.2) is 0 Å². The molecule has 2 N–H and O–H groups in total. The Morgan fingerprint density at radius 3 is 2.52 bits per heavy atom. The number of nitrogens with zero attached hydrogens (tertiary/aromatic N) is 2. The molecule has 0 unspecified atom stereocenters. The number of carbonyl (C=O) groups excluding carboxylic acids is 1. The topological polar surface area (TPSA) is 57.3 Å². The van der Waals surface area contributed by atoms with Gasteiger partial charge in [0, 0.05) is 48.5 Å². The molecule has 0 aliphatic carbocycles. The van der Waals surface area contributed by atoms with Gasteiger partial charge in [0.25, 0.3) is 0 Å². The molecule has 0 saturated carbocycles. The van der Waals surface area contributed by atoms with Gasteiger partial charge < -0.3 is 15.5 Å². The molecule has 2 aromatic carbocycles. The van der Waals surface area contributed by atoms with Gasteiger partial charge >= 0.3 is 12.2 Å². The fraction of sp³-hybridized carbons (Fsp3) is 0.333. The molecule has 9 heteroatoms. The number of halogens is 4. The first-order valence-corrected chi connectivity index (χ1v) is 10.7. The van der Waals surface area contributed by atoms with E-state index in [1.165, 1.54) is 6.07 Å². The Bertz CT molecular complexity index is 1090. The highest BCUT2D eigenvalue weighted by Gasteiger charge is 2.35. The molecular weight excluding hydrogens is 453 g/mol. The van der Waals surface area contributed by atoms with Crippen LogP contribution in [0.3, 0.4) is 0 Å². The number of pyridine rings is 1. The van der Waals surface area contributed by atoms with Gasteiger partial charge in [0.05, 0.1) is 11.3 Å². The molecule has 33 heavy (non-hydrogen) atoms. The number of alkyl halides is 3. The van der Waals surface area contributed by atoms with Crippen LogP contribution in [-0.4, -0.2) is 24.1 Å². The highest BCUT2D eigenvalue weighted by atomic mass is 35.5. The van der Waals surface area contributed by atoms with E-state index in [9.17, 15) is 18.0 Å². The fourth-order valence-electron chi connectivity index (χ4n) is 4.09. The number of rotatable bonds is 4. The van der Waals surface area contributed by atoms with Crippen LogP contribution in [0.15, 0.2) is 54.9 Å². The molecule has 0 spiro atoms. The molecule has 1 aliphatic rings. The zero-order valence-corrected chi connectivity index (χ0v) is 18.8. The molecule has 1 aromatic heterocycles. The van der Waals surface area contributed by atoms with E-state index >= 15 is 0 Å². The van der Waals surface area contributed by atoms with Crippen LogP contribution in [0.1, 0.15) is 36.8 Å². The van der Waals surface area contributed by atoms with E-state index in [1.807, 2.05) is 11.0 Å². The van der Waals surface area contributed by atoms with Gasteiger partial charge in [-0.3, -0.25) is 4.98 Å². The van der Waals surface area contributed by atoms with Crippen LogP contribution in [0.25, 0.3) is 10.8 Å². The smallest absolute Gasteiger partial charge is 0.371 e. The van der Waals surface area contributed by atoms with Crippen molar-refractivity contribution in [3.8, 4) is 0 Å². The van der Waals surface area contributed by atoms with Crippen molar-refractivity contribution < 1.29 is 18.0 Å². The molecule has 176 valence electrons. The summed E-state index contributed by atoms with van der Waals surface area (Å²) in [6, 6.07) is 11.1. The number of aromatic nitrogens is 1. The first-order chi connectivity index (χ1) is 15.4. The Kier molecular flexibility index (Phi) is 8.02. The van der Waals surface area contributed by atoms with Gasteiger partial charge in [-0.05, 0) is 42.7 Å². The second kappa shape index (κ2) is 10.7. The Morgan fingerprint density at radius 1 is 1.03 bits per heavy atom. The molecule has 2 amide bonds. The second-order valence-electron chi connectivity index (χ2n) is 7.96. The number of nitrogens with one attached hydrogen (secondary N) is 2. The van der Waals surface area contributed by atoms with Gasteiger partial charge in [-0.1, -0.05) is 31.0 Å². The average Bonchev–Trinajstić information content (AvgIpc) is 3.07. The summed E-state index contributed by atoms with van der Waals surface area (Å²) in [6.07, 6.45) is 2.75. The van der Waals surface area contributed by atoms with Gasteiger partial charge in [0.2, 0.25) is 0 Å². The van der Waals surface area contributed by atoms with E-state index in [1.54, 1.807) is 36.7 Å². The van der Waals surface area contributed by atoms with Crippen molar-refractivity contribution in [3.63, 3.8) is 0 Å². The van der Waals surface area contributed by atoms with Gasteiger partial charge in [0.1, 0.15) is 0 Å². The lowest BCUT2D eigenvalue weighted by atomic mass is 10.1. The summed E-state index contributed by atoms with van der Waals surface area (Å²) in [5, 5.41) is 7.13. The number of hydrogen-bond acceptors (Lipinski definition) is 3. The standard InChI is InChI=1S/C24H25F3N4O.ClH/c25-24(26,27)20-14-17(8-9-22(20)31-12-3-1-2-4-13-31)15-29-23(32)30-21-7-5-6-18-16-28-11-10-19(18)21;/h5-11,14,16H,1-4,12-13,15H2,(H2,29,30,32);1H. The number of hydrogen-bond donors (Lipinski definition) is 2. The summed E-state index contributed by atoms with van der Waals surface area (Å²) in [7, 11) is 0. The van der Waals surface area contributed by atoms with Crippen LogP contribution >= 0.6 is 12.4 Å². The minimum atomic E-state index is -4.46. The fourth-order valence-corrected chi connectivity index (χ4v) is 4.09. The molecule has 1 aliphatic heterocycles. The Hall–Kier alpha value is -3.00. The van der Waals surface area contributed by atoms with Crippen molar-refractivity contribution in [2.75, 3.05) is 23.3 Å². The van der Waals surface area contributed by atoms with Crippen LogP contribution in [0, 0.1) is 0 Å². The molecule has 4 rings (SSSR count). The van der Waals surface area contributed by atoms with E-state index in [0.29, 0.717) is 24.3 Å². The number of amides is 2. The minimum absolute atomic E-state index is 0. The third-order valence-corrected chi connectivity index (χ3v) is 5.70. The number of benzene rings is 2. The number of urea groups is 1. The van der Waals surface area contributed by atoms with Gasteiger partial charge in [-0.2, -0.15) is 13.2 Å². The maximum atomic E-state index is 13.8. The van der Waals surface area contributed by atoms with Crippen LogP contribution in [0.5, 0.6) is 0 Å². The van der Waals surface area contributed by atoms with Crippen LogP contribution in [0.2, 0.25) is 0 Å². The Morgan fingerprint density at radius 2 is 1.79 bits per heavy atom. The Labute approximate surface area is 196 Å². The number of carbonyl (C=O) groups is 1. The third-order valence-electron chi connectivity index (χ3n) is 5.70. The van der Waals surface area contributed by atoms with Gasteiger partial charge in [-0.25, -0.2) is 4.79 Å². The summed E-state index contributed by atoms with van der Waals surface area (Å²) in [6.45, 7) is 1.24. The van der Waals surface area contributed by atoms with Crippen molar-refractivity contribution in [2.45, 2.75) is 38.4 Å². The molecule has 0 bridgehead atoms. The molecule has 0 radical (unpaired) electrons. The van der Waals surface area contributed by atoms with Crippen LogP contribution in [-0.2, 0) is 12.7 Å². The number of anilines is 2. The highest BCUT2D eigenvalue weighted by Crippen LogP contribution is 2.38.